The Kier molecular flexibility index (Phi) is 5.11. The third-order valence-corrected chi connectivity index (χ3v) is 2.39. The number of ether oxygens (including phenoxy) is 2. The van der Waals surface area contributed by atoms with E-state index in [1.807, 2.05) is 0 Å². The Balaban J connectivity index is 2.94. The molecule has 0 spiro atoms. The van der Waals surface area contributed by atoms with Crippen molar-refractivity contribution in [1.82, 2.24) is 5.32 Å². The van der Waals surface area contributed by atoms with Gasteiger partial charge in [0.2, 0.25) is 0 Å². The zero-order valence-electron chi connectivity index (χ0n) is 11.0. The molecule has 0 fully saturated rings. The van der Waals surface area contributed by atoms with Crippen LogP contribution in [0, 0.1) is 10.1 Å². The van der Waals surface area contributed by atoms with Crippen molar-refractivity contribution < 1.29 is 19.2 Å². The number of rotatable bonds is 6. The molecule has 1 atom stereocenters. The van der Waals surface area contributed by atoms with Crippen molar-refractivity contribution in [3.05, 3.63) is 28.3 Å². The van der Waals surface area contributed by atoms with Gasteiger partial charge in [-0.05, 0) is 26.0 Å². The molecule has 0 unspecified atom stereocenters. The number of hydrogen-bond donors (Lipinski definition) is 1. The lowest BCUT2D eigenvalue weighted by atomic mass is 10.2. The summed E-state index contributed by atoms with van der Waals surface area (Å²) < 4.78 is 10.2. The van der Waals surface area contributed by atoms with Crippen molar-refractivity contribution >= 4 is 11.6 Å². The van der Waals surface area contributed by atoms with E-state index in [-0.39, 0.29) is 17.3 Å². The van der Waals surface area contributed by atoms with Crippen LogP contribution in [0.15, 0.2) is 18.2 Å². The third kappa shape index (κ3) is 3.84. The molecule has 1 aromatic carbocycles. The monoisotopic (exact) mass is 268 g/mol. The minimum atomic E-state index is -0.813. The van der Waals surface area contributed by atoms with E-state index in [0.717, 1.165) is 0 Å². The van der Waals surface area contributed by atoms with Crippen molar-refractivity contribution in [1.29, 1.82) is 0 Å². The molecule has 1 rings (SSSR count). The Hall–Kier alpha value is -2.31. The number of benzene rings is 1. The first kappa shape index (κ1) is 14.7. The van der Waals surface area contributed by atoms with Gasteiger partial charge in [-0.3, -0.25) is 14.9 Å². The van der Waals surface area contributed by atoms with Crippen molar-refractivity contribution in [2.75, 3.05) is 13.7 Å². The van der Waals surface area contributed by atoms with Gasteiger partial charge in [-0.25, -0.2) is 0 Å². The second-order valence-electron chi connectivity index (χ2n) is 3.75. The number of methoxy groups -OCH3 is 1. The fourth-order valence-corrected chi connectivity index (χ4v) is 1.43. The summed E-state index contributed by atoms with van der Waals surface area (Å²) in [4.78, 5) is 21.9. The minimum Gasteiger partial charge on any atom is -0.496 e. The quantitative estimate of drug-likeness (QED) is 0.623. The van der Waals surface area contributed by atoms with E-state index in [2.05, 4.69) is 5.32 Å². The van der Waals surface area contributed by atoms with Gasteiger partial charge >= 0.3 is 5.69 Å². The zero-order valence-corrected chi connectivity index (χ0v) is 11.0. The van der Waals surface area contributed by atoms with E-state index in [1.165, 1.54) is 32.2 Å². The topological polar surface area (TPSA) is 90.7 Å². The summed E-state index contributed by atoms with van der Waals surface area (Å²) in [6, 6.07) is 4.19. The highest BCUT2D eigenvalue weighted by Gasteiger charge is 2.21. The third-order valence-electron chi connectivity index (χ3n) is 2.39. The largest absolute Gasteiger partial charge is 0.496 e. The van der Waals surface area contributed by atoms with Gasteiger partial charge in [-0.1, -0.05) is 0 Å². The van der Waals surface area contributed by atoms with Crippen LogP contribution in [-0.2, 0) is 4.79 Å². The van der Waals surface area contributed by atoms with Crippen LogP contribution < -0.4 is 14.8 Å². The number of hydrogen-bond acceptors (Lipinski definition) is 5. The predicted octanol–water partition coefficient (Wildman–Crippen LogP) is 1.51. The minimum absolute atomic E-state index is 0.0320. The van der Waals surface area contributed by atoms with Crippen LogP contribution in [-0.4, -0.2) is 30.6 Å². The number of likely N-dealkylation sites (N-methyl/N-ethyl adjacent to an activating group) is 1. The summed E-state index contributed by atoms with van der Waals surface area (Å²) in [7, 11) is 1.41. The molecule has 0 radical (unpaired) electrons. The zero-order chi connectivity index (χ0) is 14.4. The van der Waals surface area contributed by atoms with Crippen LogP contribution in [0.3, 0.4) is 0 Å². The Morgan fingerprint density at radius 3 is 2.74 bits per heavy atom. The first-order valence-electron chi connectivity index (χ1n) is 5.76. The van der Waals surface area contributed by atoms with Crippen molar-refractivity contribution in [2.45, 2.75) is 20.0 Å². The number of carbonyl (C=O) groups excluding carboxylic acids is 1. The molecular formula is C12H16N2O5. The van der Waals surface area contributed by atoms with Gasteiger partial charge in [0.25, 0.3) is 5.91 Å². The number of nitro groups is 1. The lowest BCUT2D eigenvalue weighted by molar-refractivity contribution is -0.386. The molecule has 0 aliphatic carbocycles. The van der Waals surface area contributed by atoms with Crippen LogP contribution >= 0.6 is 0 Å². The average Bonchev–Trinajstić information content (AvgIpc) is 2.39. The molecule has 104 valence electrons. The maximum atomic E-state index is 11.5. The standard InChI is InChI=1S/C12H16N2O5/c1-4-13-12(15)8(2)19-11-6-5-9(18-3)7-10(11)14(16)17/h5-8H,4H2,1-3H3,(H,13,15)/t8-/m0/s1. The van der Waals surface area contributed by atoms with Crippen LogP contribution in [0.4, 0.5) is 5.69 Å². The van der Waals surface area contributed by atoms with Crippen LogP contribution in [0.1, 0.15) is 13.8 Å². The molecule has 1 aromatic rings. The molecular weight excluding hydrogens is 252 g/mol. The highest BCUT2D eigenvalue weighted by Crippen LogP contribution is 2.31. The van der Waals surface area contributed by atoms with Crippen molar-refractivity contribution in [3.63, 3.8) is 0 Å². The lowest BCUT2D eigenvalue weighted by Crippen LogP contribution is -2.36. The molecule has 0 saturated carbocycles. The molecule has 1 amide bonds. The van der Waals surface area contributed by atoms with Gasteiger partial charge in [-0.15, -0.1) is 0 Å². The van der Waals surface area contributed by atoms with Crippen molar-refractivity contribution in [3.8, 4) is 11.5 Å². The number of nitrogens with zero attached hydrogens (tertiary/aromatic N) is 1. The van der Waals surface area contributed by atoms with E-state index < -0.39 is 11.0 Å². The predicted molar refractivity (Wildman–Crippen MR) is 68.4 cm³/mol. The first-order valence-corrected chi connectivity index (χ1v) is 5.76. The van der Waals surface area contributed by atoms with Gasteiger partial charge in [0.05, 0.1) is 18.1 Å². The van der Waals surface area contributed by atoms with Gasteiger partial charge in [0.15, 0.2) is 11.9 Å². The van der Waals surface area contributed by atoms with E-state index >= 15 is 0 Å². The average molecular weight is 268 g/mol. The molecule has 7 nitrogen and oxygen atoms in total. The van der Waals surface area contributed by atoms with Gasteiger partial charge < -0.3 is 14.8 Å². The molecule has 1 N–H and O–H groups in total. The van der Waals surface area contributed by atoms with E-state index in [4.69, 9.17) is 9.47 Å². The smallest absolute Gasteiger partial charge is 0.314 e. The van der Waals surface area contributed by atoms with E-state index in [9.17, 15) is 14.9 Å². The highest BCUT2D eigenvalue weighted by atomic mass is 16.6. The molecule has 0 heterocycles. The second-order valence-corrected chi connectivity index (χ2v) is 3.75. The normalized spacial score (nSPS) is 11.5. The lowest BCUT2D eigenvalue weighted by Gasteiger charge is -2.14. The SMILES string of the molecule is CCNC(=O)[C@H](C)Oc1ccc(OC)cc1[N+](=O)[O-]. The van der Waals surface area contributed by atoms with Crippen LogP contribution in [0.25, 0.3) is 0 Å². The molecule has 7 heteroatoms. The van der Waals surface area contributed by atoms with Crippen LogP contribution in [0.2, 0.25) is 0 Å². The van der Waals surface area contributed by atoms with Crippen LogP contribution in [0.5, 0.6) is 11.5 Å². The number of nitro benzene ring substituents is 1. The maximum absolute atomic E-state index is 11.5. The molecule has 0 aromatic heterocycles. The number of carbonyl (C=O) groups is 1. The number of amides is 1. The molecule has 0 aliphatic heterocycles. The Morgan fingerprint density at radius 2 is 2.21 bits per heavy atom. The summed E-state index contributed by atoms with van der Waals surface area (Å²) in [6.07, 6.45) is -0.813. The maximum Gasteiger partial charge on any atom is 0.314 e. The summed E-state index contributed by atoms with van der Waals surface area (Å²) in [5.41, 5.74) is -0.240. The highest BCUT2D eigenvalue weighted by molar-refractivity contribution is 5.80. The molecule has 0 bridgehead atoms. The van der Waals surface area contributed by atoms with Gasteiger partial charge in [0, 0.05) is 6.54 Å². The summed E-state index contributed by atoms with van der Waals surface area (Å²) in [6.45, 7) is 3.77. The fraction of sp³-hybridized carbons (Fsp3) is 0.417. The van der Waals surface area contributed by atoms with Gasteiger partial charge in [-0.2, -0.15) is 0 Å². The summed E-state index contributed by atoms with van der Waals surface area (Å²) >= 11 is 0. The summed E-state index contributed by atoms with van der Waals surface area (Å²) in [5.74, 6) is 0.0573. The Morgan fingerprint density at radius 1 is 1.53 bits per heavy atom. The number of nitrogens with one attached hydrogen (secondary N) is 1. The molecule has 0 aliphatic rings. The second kappa shape index (κ2) is 6.58. The summed E-state index contributed by atoms with van der Waals surface area (Å²) in [5, 5.41) is 13.5. The first-order chi connectivity index (χ1) is 8.99. The Bertz CT molecular complexity index is 475. The van der Waals surface area contributed by atoms with E-state index in [1.54, 1.807) is 6.92 Å². The van der Waals surface area contributed by atoms with Gasteiger partial charge in [0.1, 0.15) is 5.75 Å². The van der Waals surface area contributed by atoms with E-state index in [0.29, 0.717) is 12.3 Å². The Labute approximate surface area is 110 Å². The molecule has 19 heavy (non-hydrogen) atoms. The fourth-order valence-electron chi connectivity index (χ4n) is 1.43. The van der Waals surface area contributed by atoms with Crippen molar-refractivity contribution in [2.24, 2.45) is 0 Å². The molecule has 0 saturated heterocycles.